The number of hydrogen-bond donors (Lipinski definition) is 2. The second kappa shape index (κ2) is 5.82. The van der Waals surface area contributed by atoms with Crippen molar-refractivity contribution in [1.29, 1.82) is 0 Å². The first-order valence-corrected chi connectivity index (χ1v) is 6.19. The van der Waals surface area contributed by atoms with E-state index in [1.807, 2.05) is 0 Å². The molecule has 17 heavy (non-hydrogen) atoms. The molecule has 1 fully saturated rings. The van der Waals surface area contributed by atoms with Gasteiger partial charge in [-0.05, 0) is 25.7 Å². The molecule has 2 rings (SSSR count). The van der Waals surface area contributed by atoms with Gasteiger partial charge in [0, 0.05) is 12.6 Å². The molecule has 1 aliphatic carbocycles. The second-order valence-electron chi connectivity index (χ2n) is 4.57. The number of carbonyl (C=O) groups is 1. The Hall–Kier alpha value is -1.36. The molecule has 0 saturated heterocycles. The highest BCUT2D eigenvalue weighted by Crippen LogP contribution is 2.20. The number of H-pyrrole nitrogens is 1. The van der Waals surface area contributed by atoms with E-state index in [1.165, 1.54) is 6.42 Å². The third kappa shape index (κ3) is 3.56. The molecule has 1 heterocycles. The summed E-state index contributed by atoms with van der Waals surface area (Å²) in [5.74, 6) is -0.306. The topological polar surface area (TPSA) is 81.0 Å². The van der Waals surface area contributed by atoms with E-state index < -0.39 is 6.04 Å². The van der Waals surface area contributed by atoms with Crippen molar-refractivity contribution in [1.82, 2.24) is 9.97 Å². The van der Waals surface area contributed by atoms with E-state index in [0.717, 1.165) is 31.4 Å². The van der Waals surface area contributed by atoms with Gasteiger partial charge in [-0.3, -0.25) is 4.79 Å². The van der Waals surface area contributed by atoms with Crippen LogP contribution in [0.3, 0.4) is 0 Å². The summed E-state index contributed by atoms with van der Waals surface area (Å²) < 4.78 is 5.40. The molecule has 3 N–H and O–H groups in total. The molecule has 1 aromatic rings. The summed E-state index contributed by atoms with van der Waals surface area (Å²) in [5, 5.41) is 0. The molecule has 94 valence electrons. The molecule has 0 bridgehead atoms. The molecule has 5 nitrogen and oxygen atoms in total. The van der Waals surface area contributed by atoms with Crippen LogP contribution in [0.4, 0.5) is 0 Å². The van der Waals surface area contributed by atoms with E-state index in [1.54, 1.807) is 12.5 Å². The highest BCUT2D eigenvalue weighted by Gasteiger charge is 2.22. The van der Waals surface area contributed by atoms with E-state index in [9.17, 15) is 4.79 Å². The molecule has 0 aromatic carbocycles. The first-order valence-electron chi connectivity index (χ1n) is 6.19. The minimum absolute atomic E-state index is 0.0708. The Morgan fingerprint density at radius 3 is 2.94 bits per heavy atom. The van der Waals surface area contributed by atoms with Crippen LogP contribution in [-0.2, 0) is 16.0 Å². The van der Waals surface area contributed by atoms with Gasteiger partial charge in [0.2, 0.25) is 0 Å². The second-order valence-corrected chi connectivity index (χ2v) is 4.57. The summed E-state index contributed by atoms with van der Waals surface area (Å²) in [5.41, 5.74) is 6.59. The summed E-state index contributed by atoms with van der Waals surface area (Å²) in [6.07, 6.45) is 9.30. The fourth-order valence-corrected chi connectivity index (χ4v) is 2.15. The zero-order valence-electron chi connectivity index (χ0n) is 9.89. The molecule has 0 radical (unpaired) electrons. The largest absolute Gasteiger partial charge is 0.461 e. The average molecular weight is 237 g/mol. The molecule has 1 aliphatic rings. The number of rotatable bonds is 4. The number of aromatic nitrogens is 2. The summed E-state index contributed by atoms with van der Waals surface area (Å²) in [6.45, 7) is 0. The maximum absolute atomic E-state index is 11.8. The van der Waals surface area contributed by atoms with Crippen molar-refractivity contribution < 1.29 is 9.53 Å². The molecule has 1 atom stereocenters. The minimum Gasteiger partial charge on any atom is -0.461 e. The van der Waals surface area contributed by atoms with Crippen molar-refractivity contribution in [3.63, 3.8) is 0 Å². The minimum atomic E-state index is -0.611. The Labute approximate surface area is 101 Å². The van der Waals surface area contributed by atoms with Crippen LogP contribution in [0.25, 0.3) is 0 Å². The highest BCUT2D eigenvalue weighted by molar-refractivity contribution is 5.76. The predicted molar refractivity (Wildman–Crippen MR) is 63.2 cm³/mol. The lowest BCUT2D eigenvalue weighted by atomic mass is 9.98. The van der Waals surface area contributed by atoms with Gasteiger partial charge in [0.1, 0.15) is 12.1 Å². The van der Waals surface area contributed by atoms with Gasteiger partial charge in [-0.1, -0.05) is 6.42 Å². The Morgan fingerprint density at radius 2 is 2.29 bits per heavy atom. The molecule has 0 aliphatic heterocycles. The lowest BCUT2D eigenvalue weighted by molar-refractivity contribution is -0.152. The molecule has 0 unspecified atom stereocenters. The Balaban J connectivity index is 1.78. The van der Waals surface area contributed by atoms with E-state index in [4.69, 9.17) is 10.5 Å². The van der Waals surface area contributed by atoms with Crippen LogP contribution < -0.4 is 5.73 Å². The van der Waals surface area contributed by atoms with Gasteiger partial charge in [-0.15, -0.1) is 0 Å². The van der Waals surface area contributed by atoms with Crippen LogP contribution in [-0.4, -0.2) is 28.1 Å². The molecule has 5 heteroatoms. The lowest BCUT2D eigenvalue weighted by Crippen LogP contribution is -2.37. The van der Waals surface area contributed by atoms with Crippen LogP contribution in [0.2, 0.25) is 0 Å². The van der Waals surface area contributed by atoms with Crippen molar-refractivity contribution >= 4 is 5.97 Å². The molecule has 0 amide bonds. The maximum atomic E-state index is 11.8. The number of hydrogen-bond acceptors (Lipinski definition) is 4. The summed E-state index contributed by atoms with van der Waals surface area (Å²) >= 11 is 0. The highest BCUT2D eigenvalue weighted by atomic mass is 16.5. The molecular weight excluding hydrogens is 218 g/mol. The third-order valence-electron chi connectivity index (χ3n) is 3.12. The Kier molecular flexibility index (Phi) is 4.14. The Bertz CT molecular complexity index is 345. The van der Waals surface area contributed by atoms with E-state index in [-0.39, 0.29) is 12.1 Å². The fraction of sp³-hybridized carbons (Fsp3) is 0.667. The average Bonchev–Trinajstić information content (AvgIpc) is 2.83. The summed E-state index contributed by atoms with van der Waals surface area (Å²) in [7, 11) is 0. The molecular formula is C12H19N3O2. The van der Waals surface area contributed by atoms with Crippen molar-refractivity contribution in [2.45, 2.75) is 50.7 Å². The number of esters is 1. The van der Waals surface area contributed by atoms with Crippen LogP contribution in [0.15, 0.2) is 12.5 Å². The normalized spacial score (nSPS) is 18.9. The van der Waals surface area contributed by atoms with Gasteiger partial charge >= 0.3 is 5.97 Å². The number of nitrogens with one attached hydrogen (secondary N) is 1. The van der Waals surface area contributed by atoms with Gasteiger partial charge < -0.3 is 15.5 Å². The van der Waals surface area contributed by atoms with Crippen LogP contribution in [0.1, 0.15) is 37.8 Å². The summed E-state index contributed by atoms with van der Waals surface area (Å²) in [6, 6.07) is -0.611. The van der Waals surface area contributed by atoms with Crippen molar-refractivity contribution in [2.24, 2.45) is 5.73 Å². The van der Waals surface area contributed by atoms with Crippen molar-refractivity contribution in [3.05, 3.63) is 18.2 Å². The fourth-order valence-electron chi connectivity index (χ4n) is 2.15. The number of nitrogens with two attached hydrogens (primary N) is 1. The van der Waals surface area contributed by atoms with Gasteiger partial charge in [0.25, 0.3) is 0 Å². The first kappa shape index (κ1) is 12.1. The first-order chi connectivity index (χ1) is 8.25. The molecule has 0 spiro atoms. The van der Waals surface area contributed by atoms with E-state index in [2.05, 4.69) is 9.97 Å². The van der Waals surface area contributed by atoms with Crippen LogP contribution in [0, 0.1) is 0 Å². The predicted octanol–water partition coefficient (Wildman–Crippen LogP) is 1.16. The maximum Gasteiger partial charge on any atom is 0.323 e. The molecule has 1 aromatic heterocycles. The van der Waals surface area contributed by atoms with Gasteiger partial charge in [0.05, 0.1) is 12.0 Å². The van der Waals surface area contributed by atoms with Gasteiger partial charge in [-0.2, -0.15) is 0 Å². The zero-order valence-corrected chi connectivity index (χ0v) is 9.89. The SMILES string of the molecule is N[C@@H](Cc1c[nH]cn1)C(=O)OC1CCCCC1. The quantitative estimate of drug-likeness (QED) is 0.770. The van der Waals surface area contributed by atoms with Crippen molar-refractivity contribution in [3.8, 4) is 0 Å². The number of imidazole rings is 1. The van der Waals surface area contributed by atoms with E-state index >= 15 is 0 Å². The van der Waals surface area contributed by atoms with Crippen molar-refractivity contribution in [2.75, 3.05) is 0 Å². The smallest absolute Gasteiger partial charge is 0.323 e. The zero-order chi connectivity index (χ0) is 12.1. The molecule has 1 saturated carbocycles. The number of nitrogens with zero attached hydrogens (tertiary/aromatic N) is 1. The standard InChI is InChI=1S/C12H19N3O2/c13-11(6-9-7-14-8-15-9)12(16)17-10-4-2-1-3-5-10/h7-8,10-11H,1-6,13H2,(H,14,15)/t11-/m0/s1. The van der Waals surface area contributed by atoms with Gasteiger partial charge in [0.15, 0.2) is 0 Å². The number of carbonyl (C=O) groups excluding carboxylic acids is 1. The lowest BCUT2D eigenvalue weighted by Gasteiger charge is -2.23. The number of aromatic amines is 1. The van der Waals surface area contributed by atoms with Crippen LogP contribution >= 0.6 is 0 Å². The number of ether oxygens (including phenoxy) is 1. The summed E-state index contributed by atoms with van der Waals surface area (Å²) in [4.78, 5) is 18.6. The Morgan fingerprint density at radius 1 is 1.53 bits per heavy atom. The van der Waals surface area contributed by atoms with Crippen LogP contribution in [0.5, 0.6) is 0 Å². The van der Waals surface area contributed by atoms with Gasteiger partial charge in [-0.25, -0.2) is 4.98 Å². The monoisotopic (exact) mass is 237 g/mol. The van der Waals surface area contributed by atoms with E-state index in [0.29, 0.717) is 6.42 Å². The third-order valence-corrected chi connectivity index (χ3v) is 3.12.